The van der Waals surface area contributed by atoms with Crippen molar-refractivity contribution >= 4 is 11.8 Å². The summed E-state index contributed by atoms with van der Waals surface area (Å²) in [5.41, 5.74) is -0.357. The fourth-order valence-electron chi connectivity index (χ4n) is 7.76. The second-order valence-electron chi connectivity index (χ2n) is 9.96. The number of rotatable bonds is 1. The second kappa shape index (κ2) is 4.40. The molecule has 0 aliphatic heterocycles. The molecule has 4 aliphatic rings. The summed E-state index contributed by atoms with van der Waals surface area (Å²) in [5, 5.41) is 9.91. The summed E-state index contributed by atoms with van der Waals surface area (Å²) in [6.45, 7) is 6.54. The highest BCUT2D eigenvalue weighted by Gasteiger charge is 2.68. The van der Waals surface area contributed by atoms with Gasteiger partial charge in [-0.15, -0.1) is 0 Å². The second-order valence-corrected chi connectivity index (χ2v) is 9.96. The highest BCUT2D eigenvalue weighted by Crippen LogP contribution is 2.72. The molecule has 23 heavy (non-hydrogen) atoms. The van der Waals surface area contributed by atoms with Crippen molar-refractivity contribution in [3.05, 3.63) is 0 Å². The molecule has 0 saturated heterocycles. The zero-order valence-corrected chi connectivity index (χ0v) is 14.8. The van der Waals surface area contributed by atoms with Crippen LogP contribution in [0.5, 0.6) is 0 Å². The molecule has 2 bridgehead atoms. The van der Waals surface area contributed by atoms with Crippen molar-refractivity contribution < 1.29 is 14.7 Å². The highest BCUT2D eigenvalue weighted by atomic mass is 16.4. The van der Waals surface area contributed by atoms with Gasteiger partial charge < -0.3 is 5.11 Å². The van der Waals surface area contributed by atoms with E-state index < -0.39 is 11.4 Å². The van der Waals surface area contributed by atoms with Crippen molar-refractivity contribution in [1.29, 1.82) is 0 Å². The van der Waals surface area contributed by atoms with Crippen LogP contribution in [-0.2, 0) is 9.59 Å². The van der Waals surface area contributed by atoms with Crippen molar-refractivity contribution in [3.8, 4) is 0 Å². The molecule has 4 fully saturated rings. The normalized spacial score (nSPS) is 55.2. The summed E-state index contributed by atoms with van der Waals surface area (Å²) >= 11 is 0. The molecule has 0 amide bonds. The predicted octanol–water partition coefficient (Wildman–Crippen LogP) is 4.44. The first-order valence-corrected chi connectivity index (χ1v) is 9.43. The van der Waals surface area contributed by atoms with E-state index in [1.807, 2.05) is 6.92 Å². The molecule has 1 N–H and O–H groups in total. The van der Waals surface area contributed by atoms with Crippen LogP contribution in [0.2, 0.25) is 0 Å². The van der Waals surface area contributed by atoms with Crippen molar-refractivity contribution in [2.75, 3.05) is 0 Å². The van der Waals surface area contributed by atoms with Gasteiger partial charge >= 0.3 is 5.97 Å². The molecule has 6 atom stereocenters. The van der Waals surface area contributed by atoms with Gasteiger partial charge in [0.1, 0.15) is 5.78 Å². The number of hydrogen-bond acceptors (Lipinski definition) is 2. The van der Waals surface area contributed by atoms with Gasteiger partial charge in [-0.05, 0) is 74.5 Å². The summed E-state index contributed by atoms with van der Waals surface area (Å²) in [7, 11) is 0. The zero-order valence-electron chi connectivity index (χ0n) is 14.8. The predicted molar refractivity (Wildman–Crippen MR) is 87.9 cm³/mol. The summed E-state index contributed by atoms with van der Waals surface area (Å²) in [6, 6.07) is 0. The van der Waals surface area contributed by atoms with Crippen molar-refractivity contribution in [3.63, 3.8) is 0 Å². The van der Waals surface area contributed by atoms with E-state index in [1.165, 1.54) is 0 Å². The number of ketones is 1. The lowest BCUT2D eigenvalue weighted by molar-refractivity contribution is -0.182. The highest BCUT2D eigenvalue weighted by molar-refractivity contribution is 5.88. The van der Waals surface area contributed by atoms with Gasteiger partial charge in [-0.25, -0.2) is 0 Å². The van der Waals surface area contributed by atoms with Crippen LogP contribution >= 0.6 is 0 Å². The molecule has 3 heteroatoms. The lowest BCUT2D eigenvalue weighted by Gasteiger charge is -2.63. The maximum atomic E-state index is 12.6. The SMILES string of the molecule is C[C@@]12CC[C@H]3[C@@](CC[C@@H]4[C@]3(C)CCC[C@]4(C)C(=O)O)(CC1=O)C2. The molecular weight excluding hydrogens is 288 g/mol. The molecule has 0 aromatic heterocycles. The average molecular weight is 318 g/mol. The number of carboxylic acids is 1. The fourth-order valence-corrected chi connectivity index (χ4v) is 7.76. The summed E-state index contributed by atoms with van der Waals surface area (Å²) in [6.07, 6.45) is 9.04. The van der Waals surface area contributed by atoms with Gasteiger partial charge in [0, 0.05) is 11.8 Å². The number of carboxylic acid groups (broad SMARTS) is 1. The van der Waals surface area contributed by atoms with Gasteiger partial charge in [-0.3, -0.25) is 9.59 Å². The van der Waals surface area contributed by atoms with Gasteiger partial charge in [0.05, 0.1) is 5.41 Å². The quantitative estimate of drug-likeness (QED) is 0.777. The lowest BCUT2D eigenvalue weighted by atomic mass is 9.40. The Kier molecular flexibility index (Phi) is 3.00. The number of hydrogen-bond donors (Lipinski definition) is 1. The molecule has 0 radical (unpaired) electrons. The molecule has 128 valence electrons. The Balaban J connectivity index is 1.76. The van der Waals surface area contributed by atoms with E-state index in [9.17, 15) is 14.7 Å². The Bertz CT molecular complexity index is 583. The number of Topliss-reactive ketones (excluding diaryl/α,β-unsaturated/α-hetero) is 1. The van der Waals surface area contributed by atoms with Crippen molar-refractivity contribution in [2.45, 2.75) is 78.6 Å². The van der Waals surface area contributed by atoms with Crippen LogP contribution < -0.4 is 0 Å². The molecule has 0 unspecified atom stereocenters. The first-order valence-electron chi connectivity index (χ1n) is 9.43. The molecule has 1 spiro atoms. The maximum absolute atomic E-state index is 12.6. The molecule has 4 rings (SSSR count). The maximum Gasteiger partial charge on any atom is 0.309 e. The number of carbonyl (C=O) groups is 2. The van der Waals surface area contributed by atoms with E-state index in [4.69, 9.17) is 0 Å². The van der Waals surface area contributed by atoms with Crippen LogP contribution in [0.1, 0.15) is 78.6 Å². The topological polar surface area (TPSA) is 54.4 Å². The smallest absolute Gasteiger partial charge is 0.309 e. The largest absolute Gasteiger partial charge is 0.481 e. The van der Waals surface area contributed by atoms with E-state index in [0.717, 1.165) is 57.8 Å². The molecule has 3 nitrogen and oxygen atoms in total. The fraction of sp³-hybridized carbons (Fsp3) is 0.900. The minimum absolute atomic E-state index is 0.0789. The minimum Gasteiger partial charge on any atom is -0.481 e. The van der Waals surface area contributed by atoms with Crippen LogP contribution in [0.25, 0.3) is 0 Å². The molecule has 0 aromatic carbocycles. The molecular formula is C20H30O3. The van der Waals surface area contributed by atoms with E-state index in [-0.39, 0.29) is 22.2 Å². The average Bonchev–Trinajstić information content (AvgIpc) is 2.63. The van der Waals surface area contributed by atoms with Crippen LogP contribution in [0.4, 0.5) is 0 Å². The molecule has 4 aliphatic carbocycles. The molecule has 0 aromatic rings. The first-order chi connectivity index (χ1) is 10.7. The Hall–Kier alpha value is -0.860. The van der Waals surface area contributed by atoms with Crippen LogP contribution in [0.15, 0.2) is 0 Å². The Morgan fingerprint density at radius 3 is 2.43 bits per heavy atom. The van der Waals surface area contributed by atoms with Gasteiger partial charge in [0.25, 0.3) is 0 Å². The third-order valence-electron chi connectivity index (χ3n) is 8.84. The third-order valence-corrected chi connectivity index (χ3v) is 8.84. The van der Waals surface area contributed by atoms with Crippen LogP contribution in [-0.4, -0.2) is 16.9 Å². The lowest BCUT2D eigenvalue weighted by Crippen LogP contribution is -2.58. The van der Waals surface area contributed by atoms with Crippen molar-refractivity contribution in [2.24, 2.45) is 33.5 Å². The summed E-state index contributed by atoms with van der Waals surface area (Å²) in [5.74, 6) is 0.704. The summed E-state index contributed by atoms with van der Waals surface area (Å²) < 4.78 is 0. The Morgan fingerprint density at radius 1 is 1.04 bits per heavy atom. The Labute approximate surface area is 139 Å². The zero-order chi connectivity index (χ0) is 16.7. The van der Waals surface area contributed by atoms with E-state index in [0.29, 0.717) is 11.7 Å². The third kappa shape index (κ3) is 1.77. The standard InChI is InChI=1S/C20H30O3/c1-17-9-5-14-18(2)7-4-8-19(3,16(22)23)13(18)6-10-20(14,12-17)11-15(17)21/h13-14H,4-12H2,1-3H3,(H,22,23)/t13-,14-,17+,18+,19+,20+/m1/s1. The number of fused-ring (bicyclic) bond motifs is 3. The van der Waals surface area contributed by atoms with E-state index in [2.05, 4.69) is 13.8 Å². The number of aliphatic carboxylic acids is 1. The van der Waals surface area contributed by atoms with E-state index in [1.54, 1.807) is 0 Å². The van der Waals surface area contributed by atoms with E-state index >= 15 is 0 Å². The van der Waals surface area contributed by atoms with Gasteiger partial charge in [0.2, 0.25) is 0 Å². The Morgan fingerprint density at radius 2 is 1.74 bits per heavy atom. The number of carbonyl (C=O) groups excluding carboxylic acids is 1. The van der Waals surface area contributed by atoms with Crippen molar-refractivity contribution in [1.82, 2.24) is 0 Å². The monoisotopic (exact) mass is 318 g/mol. The molecule has 0 heterocycles. The van der Waals surface area contributed by atoms with Crippen LogP contribution in [0.3, 0.4) is 0 Å². The first kappa shape index (κ1) is 15.7. The van der Waals surface area contributed by atoms with Crippen LogP contribution in [0, 0.1) is 33.5 Å². The van der Waals surface area contributed by atoms with Gasteiger partial charge in [-0.1, -0.05) is 20.3 Å². The van der Waals surface area contributed by atoms with Gasteiger partial charge in [0.15, 0.2) is 0 Å². The molecule has 4 saturated carbocycles. The van der Waals surface area contributed by atoms with Gasteiger partial charge in [-0.2, -0.15) is 0 Å². The minimum atomic E-state index is -0.604. The summed E-state index contributed by atoms with van der Waals surface area (Å²) in [4.78, 5) is 24.7.